The smallest absolute Gasteiger partial charge is 0.323 e. The van der Waals surface area contributed by atoms with Gasteiger partial charge in [0.05, 0.1) is 0 Å². The van der Waals surface area contributed by atoms with Crippen LogP contribution < -0.4 is 0 Å². The number of carbonyl (C=O) groups is 1. The molecule has 1 fully saturated rings. The van der Waals surface area contributed by atoms with Crippen molar-refractivity contribution in [1.29, 1.82) is 0 Å². The fourth-order valence-electron chi connectivity index (χ4n) is 0.975. The Labute approximate surface area is 52.0 Å². The first-order chi connectivity index (χ1) is 4.22. The summed E-state index contributed by atoms with van der Waals surface area (Å²) in [5.74, 6) is -1.06. The molecule has 1 atom stereocenters. The highest BCUT2D eigenvalue weighted by molar-refractivity contribution is 5.73. The van der Waals surface area contributed by atoms with Crippen molar-refractivity contribution in [1.82, 2.24) is 5.12 Å². The van der Waals surface area contributed by atoms with Gasteiger partial charge >= 0.3 is 5.97 Å². The van der Waals surface area contributed by atoms with Crippen molar-refractivity contribution in [2.45, 2.75) is 18.9 Å². The van der Waals surface area contributed by atoms with Crippen LogP contribution in [0.1, 0.15) is 12.8 Å². The fraction of sp³-hybridized carbons (Fsp3) is 0.800. The van der Waals surface area contributed by atoms with Gasteiger partial charge in [0.1, 0.15) is 6.04 Å². The minimum atomic E-state index is -1.06. The summed E-state index contributed by atoms with van der Waals surface area (Å²) in [6.07, 6.45) is 1.08. The lowest BCUT2D eigenvalue weighted by molar-refractivity contribution is -0.148. The van der Waals surface area contributed by atoms with Gasteiger partial charge in [-0.2, -0.15) is 0 Å². The van der Waals surface area contributed by atoms with Crippen molar-refractivity contribution in [2.24, 2.45) is 0 Å². The molecule has 0 saturated carbocycles. The fourth-order valence-corrected chi connectivity index (χ4v) is 0.975. The standard InChI is InChI=1S/C5H8FNO2/c6-7-3-1-2-4(7)5(8)9/h4H,1-3H2,(H,8,9)/t4-/m1/s1. The summed E-state index contributed by atoms with van der Waals surface area (Å²) in [6, 6.07) is -0.884. The van der Waals surface area contributed by atoms with E-state index in [1.54, 1.807) is 0 Å². The molecule has 1 aliphatic rings. The van der Waals surface area contributed by atoms with Gasteiger partial charge in [-0.15, -0.1) is 9.60 Å². The van der Waals surface area contributed by atoms with Crippen LogP contribution in [-0.2, 0) is 4.79 Å². The lowest BCUT2D eigenvalue weighted by atomic mass is 10.2. The average Bonchev–Trinajstić information content (AvgIpc) is 2.13. The van der Waals surface area contributed by atoms with Gasteiger partial charge in [0, 0.05) is 6.54 Å². The molecule has 4 heteroatoms. The third kappa shape index (κ3) is 1.18. The molecular formula is C5H8FNO2. The molecule has 0 aliphatic carbocycles. The van der Waals surface area contributed by atoms with Crippen molar-refractivity contribution in [3.63, 3.8) is 0 Å². The number of aliphatic carboxylic acids is 1. The predicted octanol–water partition coefficient (Wildman–Crippen LogP) is 0.420. The number of hydrogen-bond acceptors (Lipinski definition) is 2. The second-order valence-corrected chi connectivity index (χ2v) is 2.12. The maximum Gasteiger partial charge on any atom is 0.323 e. The highest BCUT2D eigenvalue weighted by Crippen LogP contribution is 2.16. The van der Waals surface area contributed by atoms with Crippen molar-refractivity contribution in [3.05, 3.63) is 0 Å². The van der Waals surface area contributed by atoms with Gasteiger partial charge in [0.25, 0.3) is 0 Å². The number of carboxylic acid groups (broad SMARTS) is 1. The number of halogens is 1. The molecule has 0 unspecified atom stereocenters. The zero-order valence-electron chi connectivity index (χ0n) is 4.88. The van der Waals surface area contributed by atoms with Crippen LogP contribution >= 0.6 is 0 Å². The number of rotatable bonds is 1. The van der Waals surface area contributed by atoms with E-state index in [4.69, 9.17) is 5.11 Å². The van der Waals surface area contributed by atoms with Crippen LogP contribution in [0.15, 0.2) is 0 Å². The van der Waals surface area contributed by atoms with Crippen LogP contribution in [0.2, 0.25) is 0 Å². The first kappa shape index (κ1) is 6.48. The lowest BCUT2D eigenvalue weighted by Crippen LogP contribution is -2.29. The van der Waals surface area contributed by atoms with E-state index in [2.05, 4.69) is 0 Å². The SMILES string of the molecule is O=C(O)[C@H]1CCCN1F. The summed E-state index contributed by atoms with van der Waals surface area (Å²) < 4.78 is 12.3. The van der Waals surface area contributed by atoms with Crippen LogP contribution in [0.5, 0.6) is 0 Å². The molecule has 1 rings (SSSR count). The Morgan fingerprint density at radius 1 is 1.78 bits per heavy atom. The average molecular weight is 133 g/mol. The zero-order chi connectivity index (χ0) is 6.85. The molecular weight excluding hydrogens is 125 g/mol. The highest BCUT2D eigenvalue weighted by Gasteiger charge is 2.30. The predicted molar refractivity (Wildman–Crippen MR) is 28.5 cm³/mol. The summed E-state index contributed by atoms with van der Waals surface area (Å²) in [4.78, 5) is 10.1. The molecule has 52 valence electrons. The van der Waals surface area contributed by atoms with Gasteiger partial charge in [0.15, 0.2) is 0 Å². The molecule has 0 amide bonds. The Bertz CT molecular complexity index is 128. The summed E-state index contributed by atoms with van der Waals surface area (Å²) in [7, 11) is 0. The summed E-state index contributed by atoms with van der Waals surface area (Å²) >= 11 is 0. The first-order valence-corrected chi connectivity index (χ1v) is 2.87. The van der Waals surface area contributed by atoms with Crippen LogP contribution in [0.4, 0.5) is 4.48 Å². The zero-order valence-corrected chi connectivity index (χ0v) is 4.88. The van der Waals surface area contributed by atoms with Gasteiger partial charge in [-0.25, -0.2) is 0 Å². The van der Waals surface area contributed by atoms with E-state index in [9.17, 15) is 9.28 Å². The van der Waals surface area contributed by atoms with Crippen molar-refractivity contribution in [3.8, 4) is 0 Å². The Morgan fingerprint density at radius 3 is 2.67 bits per heavy atom. The summed E-state index contributed by atoms with van der Waals surface area (Å²) in [6.45, 7) is 0.261. The second-order valence-electron chi connectivity index (χ2n) is 2.12. The van der Waals surface area contributed by atoms with Crippen LogP contribution in [-0.4, -0.2) is 28.8 Å². The molecule has 9 heavy (non-hydrogen) atoms. The minimum absolute atomic E-state index is 0.261. The van der Waals surface area contributed by atoms with Gasteiger partial charge in [-0.3, -0.25) is 4.79 Å². The number of hydrogen-bond donors (Lipinski definition) is 1. The molecule has 0 spiro atoms. The Hall–Kier alpha value is -0.640. The van der Waals surface area contributed by atoms with Crippen molar-refractivity contribution >= 4 is 5.97 Å². The molecule has 0 radical (unpaired) electrons. The summed E-state index contributed by atoms with van der Waals surface area (Å²) in [5.41, 5.74) is 0. The molecule has 1 saturated heterocycles. The van der Waals surface area contributed by atoms with Gasteiger partial charge in [0.2, 0.25) is 0 Å². The van der Waals surface area contributed by atoms with Gasteiger partial charge in [-0.05, 0) is 12.8 Å². The van der Waals surface area contributed by atoms with Crippen molar-refractivity contribution < 1.29 is 14.4 Å². The first-order valence-electron chi connectivity index (χ1n) is 2.87. The third-order valence-electron chi connectivity index (χ3n) is 1.47. The molecule has 1 N–H and O–H groups in total. The molecule has 0 aromatic rings. The molecule has 3 nitrogen and oxygen atoms in total. The number of carboxylic acids is 1. The van der Waals surface area contributed by atoms with E-state index in [0.717, 1.165) is 0 Å². The van der Waals surface area contributed by atoms with E-state index in [1.807, 2.05) is 0 Å². The van der Waals surface area contributed by atoms with E-state index in [0.29, 0.717) is 18.0 Å². The lowest BCUT2D eigenvalue weighted by Gasteiger charge is -2.07. The summed E-state index contributed by atoms with van der Waals surface area (Å²) in [5, 5.41) is 8.68. The van der Waals surface area contributed by atoms with E-state index in [-0.39, 0.29) is 6.54 Å². The van der Waals surface area contributed by atoms with Crippen molar-refractivity contribution in [2.75, 3.05) is 6.54 Å². The minimum Gasteiger partial charge on any atom is -0.480 e. The van der Waals surface area contributed by atoms with E-state index < -0.39 is 12.0 Å². The van der Waals surface area contributed by atoms with E-state index in [1.165, 1.54) is 0 Å². The highest BCUT2D eigenvalue weighted by atomic mass is 19.2. The van der Waals surface area contributed by atoms with Gasteiger partial charge < -0.3 is 5.11 Å². The maximum atomic E-state index is 12.3. The van der Waals surface area contributed by atoms with Crippen LogP contribution in [0, 0.1) is 0 Å². The van der Waals surface area contributed by atoms with Gasteiger partial charge in [-0.1, -0.05) is 0 Å². The molecule has 0 aromatic carbocycles. The Kier molecular flexibility index (Phi) is 1.66. The Morgan fingerprint density at radius 2 is 2.44 bits per heavy atom. The molecule has 1 heterocycles. The topological polar surface area (TPSA) is 40.5 Å². The Balaban J connectivity index is 2.49. The van der Waals surface area contributed by atoms with Crippen LogP contribution in [0.25, 0.3) is 0 Å². The third-order valence-corrected chi connectivity index (χ3v) is 1.47. The second kappa shape index (κ2) is 2.31. The monoisotopic (exact) mass is 133 g/mol. The quantitative estimate of drug-likeness (QED) is 0.527. The molecule has 1 aliphatic heterocycles. The van der Waals surface area contributed by atoms with Crippen LogP contribution in [0.3, 0.4) is 0 Å². The number of nitrogens with zero attached hydrogens (tertiary/aromatic N) is 1. The normalized spacial score (nSPS) is 28.8. The molecule has 0 bridgehead atoms. The largest absolute Gasteiger partial charge is 0.480 e. The molecule has 0 aromatic heterocycles. The van der Waals surface area contributed by atoms with E-state index >= 15 is 0 Å². The maximum absolute atomic E-state index is 12.3.